The summed E-state index contributed by atoms with van der Waals surface area (Å²) in [4.78, 5) is 16.0. The highest BCUT2D eigenvalue weighted by atomic mass is 79.9. The number of rotatable bonds is 7. The van der Waals surface area contributed by atoms with E-state index in [1.807, 2.05) is 18.2 Å². The van der Waals surface area contributed by atoms with Crippen LogP contribution in [0.2, 0.25) is 0 Å². The molecular formula is C20H20BrN3O. The van der Waals surface area contributed by atoms with Crippen LogP contribution in [-0.4, -0.2) is 22.0 Å². The Morgan fingerprint density at radius 3 is 2.72 bits per heavy atom. The molecule has 1 heterocycles. The fourth-order valence-electron chi connectivity index (χ4n) is 2.80. The van der Waals surface area contributed by atoms with Crippen molar-refractivity contribution >= 4 is 32.9 Å². The number of imidazole rings is 1. The van der Waals surface area contributed by atoms with E-state index in [0.717, 1.165) is 40.7 Å². The van der Waals surface area contributed by atoms with Gasteiger partial charge in [-0.3, -0.25) is 4.79 Å². The molecule has 0 spiro atoms. The molecule has 1 aromatic heterocycles. The van der Waals surface area contributed by atoms with E-state index in [0.29, 0.717) is 6.54 Å². The van der Waals surface area contributed by atoms with Gasteiger partial charge in [0.25, 0.3) is 0 Å². The van der Waals surface area contributed by atoms with E-state index < -0.39 is 0 Å². The van der Waals surface area contributed by atoms with Gasteiger partial charge in [0.2, 0.25) is 5.91 Å². The Kier molecular flexibility index (Phi) is 5.66. The van der Waals surface area contributed by atoms with Crippen LogP contribution in [0.3, 0.4) is 0 Å². The molecule has 0 atom stereocenters. The van der Waals surface area contributed by atoms with Gasteiger partial charge in [0.15, 0.2) is 0 Å². The summed E-state index contributed by atoms with van der Waals surface area (Å²) in [6, 6.07) is 16.5. The minimum absolute atomic E-state index is 0.136. The summed E-state index contributed by atoms with van der Waals surface area (Å²) in [5, 5.41) is 2.81. The first kappa shape index (κ1) is 17.4. The third-order valence-corrected chi connectivity index (χ3v) is 4.58. The standard InChI is InChI=1S/C20H20BrN3O/c1-2-20(25)22-13-5-8-19-23-17-6-3-4-7-18(17)24(19)14-15-9-11-16(21)12-10-15/h2-4,6-7,9-12H,1,5,8,13-14H2,(H,22,25). The number of nitrogens with one attached hydrogen (secondary N) is 1. The highest BCUT2D eigenvalue weighted by Crippen LogP contribution is 2.20. The van der Waals surface area contributed by atoms with Crippen LogP contribution in [0.5, 0.6) is 0 Å². The number of carbonyl (C=O) groups excluding carboxylic acids is 1. The van der Waals surface area contributed by atoms with E-state index in [2.05, 4.69) is 62.7 Å². The number of halogens is 1. The first-order chi connectivity index (χ1) is 12.2. The molecule has 0 saturated heterocycles. The molecule has 0 bridgehead atoms. The SMILES string of the molecule is C=CC(=O)NCCCc1nc2ccccc2n1Cc1ccc(Br)cc1. The molecule has 0 saturated carbocycles. The maximum Gasteiger partial charge on any atom is 0.243 e. The van der Waals surface area contributed by atoms with Gasteiger partial charge >= 0.3 is 0 Å². The van der Waals surface area contributed by atoms with Gasteiger partial charge in [0.05, 0.1) is 11.0 Å². The second-order valence-electron chi connectivity index (χ2n) is 5.83. The van der Waals surface area contributed by atoms with Crippen LogP contribution in [0.25, 0.3) is 11.0 Å². The van der Waals surface area contributed by atoms with Gasteiger partial charge in [-0.05, 0) is 42.3 Å². The average Bonchev–Trinajstić information content (AvgIpc) is 2.98. The molecule has 25 heavy (non-hydrogen) atoms. The summed E-state index contributed by atoms with van der Waals surface area (Å²) in [6.45, 7) is 4.86. The molecule has 2 aromatic carbocycles. The lowest BCUT2D eigenvalue weighted by Crippen LogP contribution is -2.22. The van der Waals surface area contributed by atoms with E-state index in [4.69, 9.17) is 4.98 Å². The molecule has 1 amide bonds. The van der Waals surface area contributed by atoms with Crippen molar-refractivity contribution in [2.24, 2.45) is 0 Å². The zero-order valence-electron chi connectivity index (χ0n) is 13.9. The Morgan fingerprint density at radius 1 is 1.20 bits per heavy atom. The molecule has 5 heteroatoms. The number of amides is 1. The first-order valence-corrected chi connectivity index (χ1v) is 9.05. The predicted molar refractivity (Wildman–Crippen MR) is 105 cm³/mol. The fourth-order valence-corrected chi connectivity index (χ4v) is 3.06. The summed E-state index contributed by atoms with van der Waals surface area (Å²) in [5.74, 6) is 0.903. The number of para-hydroxylation sites is 2. The van der Waals surface area contributed by atoms with Gasteiger partial charge in [-0.1, -0.05) is 46.8 Å². The molecule has 3 rings (SSSR count). The second-order valence-corrected chi connectivity index (χ2v) is 6.74. The number of aryl methyl sites for hydroxylation is 1. The lowest BCUT2D eigenvalue weighted by Gasteiger charge is -2.10. The van der Waals surface area contributed by atoms with Gasteiger partial charge in [0, 0.05) is 24.0 Å². The highest BCUT2D eigenvalue weighted by Gasteiger charge is 2.11. The summed E-state index contributed by atoms with van der Waals surface area (Å²) in [6.07, 6.45) is 2.94. The zero-order valence-corrected chi connectivity index (χ0v) is 15.5. The topological polar surface area (TPSA) is 46.9 Å². The summed E-state index contributed by atoms with van der Waals surface area (Å²) < 4.78 is 3.33. The van der Waals surface area contributed by atoms with Crippen molar-refractivity contribution in [3.05, 3.63) is 77.0 Å². The quantitative estimate of drug-likeness (QED) is 0.482. The minimum atomic E-state index is -0.136. The number of hydrogen-bond acceptors (Lipinski definition) is 2. The molecule has 0 aliphatic heterocycles. The van der Waals surface area contributed by atoms with Crippen molar-refractivity contribution in [3.63, 3.8) is 0 Å². The van der Waals surface area contributed by atoms with Gasteiger partial charge in [-0.25, -0.2) is 4.98 Å². The van der Waals surface area contributed by atoms with Crippen molar-refractivity contribution < 1.29 is 4.79 Å². The Balaban J connectivity index is 1.80. The molecule has 0 aliphatic carbocycles. The number of fused-ring (bicyclic) bond motifs is 1. The van der Waals surface area contributed by atoms with Crippen molar-refractivity contribution in [2.75, 3.05) is 6.54 Å². The minimum Gasteiger partial charge on any atom is -0.353 e. The van der Waals surface area contributed by atoms with Crippen LogP contribution in [0.15, 0.2) is 65.7 Å². The lowest BCUT2D eigenvalue weighted by molar-refractivity contribution is -0.116. The van der Waals surface area contributed by atoms with Crippen LogP contribution in [0.1, 0.15) is 17.8 Å². The largest absolute Gasteiger partial charge is 0.353 e. The van der Waals surface area contributed by atoms with Gasteiger partial charge in [-0.2, -0.15) is 0 Å². The van der Waals surface area contributed by atoms with Crippen LogP contribution in [-0.2, 0) is 17.8 Å². The molecule has 0 aliphatic rings. The third kappa shape index (κ3) is 4.37. The molecule has 0 unspecified atom stereocenters. The average molecular weight is 398 g/mol. The van der Waals surface area contributed by atoms with Gasteiger partial charge < -0.3 is 9.88 Å². The Bertz CT molecular complexity index is 884. The van der Waals surface area contributed by atoms with Crippen molar-refractivity contribution in [3.8, 4) is 0 Å². The van der Waals surface area contributed by atoms with E-state index in [-0.39, 0.29) is 5.91 Å². The maximum atomic E-state index is 11.2. The number of nitrogens with zero attached hydrogens (tertiary/aromatic N) is 2. The number of benzene rings is 2. The monoisotopic (exact) mass is 397 g/mol. The molecule has 0 fully saturated rings. The molecule has 1 N–H and O–H groups in total. The zero-order chi connectivity index (χ0) is 17.6. The smallest absolute Gasteiger partial charge is 0.243 e. The summed E-state index contributed by atoms with van der Waals surface area (Å²) >= 11 is 3.48. The lowest BCUT2D eigenvalue weighted by atomic mass is 10.2. The molecule has 4 nitrogen and oxygen atoms in total. The first-order valence-electron chi connectivity index (χ1n) is 8.26. The molecule has 128 valence electrons. The van der Waals surface area contributed by atoms with Crippen LogP contribution < -0.4 is 5.32 Å². The van der Waals surface area contributed by atoms with E-state index >= 15 is 0 Å². The second kappa shape index (κ2) is 8.12. The van der Waals surface area contributed by atoms with E-state index in [1.54, 1.807) is 0 Å². The normalized spacial score (nSPS) is 10.8. The summed E-state index contributed by atoms with van der Waals surface area (Å²) in [7, 11) is 0. The highest BCUT2D eigenvalue weighted by molar-refractivity contribution is 9.10. The number of hydrogen-bond donors (Lipinski definition) is 1. The summed E-state index contributed by atoms with van der Waals surface area (Å²) in [5.41, 5.74) is 3.37. The fraction of sp³-hybridized carbons (Fsp3) is 0.200. The Labute approximate surface area is 155 Å². The van der Waals surface area contributed by atoms with Crippen LogP contribution in [0.4, 0.5) is 0 Å². The van der Waals surface area contributed by atoms with Crippen LogP contribution in [0, 0.1) is 0 Å². The Hall–Kier alpha value is -2.40. The van der Waals surface area contributed by atoms with Gasteiger partial charge in [0.1, 0.15) is 5.82 Å². The molecular weight excluding hydrogens is 378 g/mol. The Morgan fingerprint density at radius 2 is 1.96 bits per heavy atom. The maximum absolute atomic E-state index is 11.2. The van der Waals surface area contributed by atoms with Crippen molar-refractivity contribution in [1.82, 2.24) is 14.9 Å². The van der Waals surface area contributed by atoms with Crippen molar-refractivity contribution in [2.45, 2.75) is 19.4 Å². The number of carbonyl (C=O) groups is 1. The van der Waals surface area contributed by atoms with Crippen LogP contribution >= 0.6 is 15.9 Å². The number of aromatic nitrogens is 2. The van der Waals surface area contributed by atoms with Crippen molar-refractivity contribution in [1.29, 1.82) is 0 Å². The molecule has 3 aromatic rings. The molecule has 0 radical (unpaired) electrons. The predicted octanol–water partition coefficient (Wildman–Crippen LogP) is 4.08. The van der Waals surface area contributed by atoms with E-state index in [9.17, 15) is 4.79 Å². The third-order valence-electron chi connectivity index (χ3n) is 4.05. The van der Waals surface area contributed by atoms with Gasteiger partial charge in [-0.15, -0.1) is 0 Å². The van der Waals surface area contributed by atoms with E-state index in [1.165, 1.54) is 11.6 Å².